The lowest BCUT2D eigenvalue weighted by molar-refractivity contribution is -0.145. The Morgan fingerprint density at radius 2 is 2.00 bits per heavy atom. The first kappa shape index (κ1) is 14.5. The van der Waals surface area contributed by atoms with Crippen molar-refractivity contribution < 1.29 is 19.1 Å². The Morgan fingerprint density at radius 1 is 1.38 bits per heavy atom. The van der Waals surface area contributed by atoms with E-state index in [9.17, 15) is 14.4 Å². The van der Waals surface area contributed by atoms with Crippen LogP contribution in [0.3, 0.4) is 0 Å². The number of carbonyl (C=O) groups excluding carboxylic acids is 3. The Morgan fingerprint density at radius 3 is 2.52 bits per heavy atom. The van der Waals surface area contributed by atoms with Crippen LogP contribution in [0.15, 0.2) is 24.3 Å². The predicted octanol–water partition coefficient (Wildman–Crippen LogP) is 0.498. The van der Waals surface area contributed by atoms with Crippen molar-refractivity contribution in [3.8, 4) is 6.07 Å². The topological polar surface area (TPSA) is 99.5 Å². The highest BCUT2D eigenvalue weighted by atomic mass is 16.5. The molecule has 0 saturated carbocycles. The van der Waals surface area contributed by atoms with Gasteiger partial charge in [0.2, 0.25) is 0 Å². The van der Waals surface area contributed by atoms with E-state index >= 15 is 0 Å². The minimum absolute atomic E-state index is 0.437. The minimum Gasteiger partial charge on any atom is -0.468 e. The molecular formula is C14H13N3O4. The van der Waals surface area contributed by atoms with Gasteiger partial charge in [-0.15, -0.1) is 0 Å². The van der Waals surface area contributed by atoms with Crippen molar-refractivity contribution in [2.24, 2.45) is 0 Å². The Balaban J connectivity index is 2.31. The van der Waals surface area contributed by atoms with Gasteiger partial charge in [0.1, 0.15) is 12.1 Å². The summed E-state index contributed by atoms with van der Waals surface area (Å²) in [6.45, 7) is 1.11. The number of nitrogens with one attached hydrogen (secondary N) is 1. The second-order valence-electron chi connectivity index (χ2n) is 4.71. The molecule has 1 fully saturated rings. The Kier molecular flexibility index (Phi) is 3.63. The van der Waals surface area contributed by atoms with Gasteiger partial charge in [-0.05, 0) is 24.6 Å². The molecule has 0 bridgehead atoms. The van der Waals surface area contributed by atoms with Crippen LogP contribution in [0.2, 0.25) is 0 Å². The van der Waals surface area contributed by atoms with Gasteiger partial charge < -0.3 is 10.1 Å². The summed E-state index contributed by atoms with van der Waals surface area (Å²) in [6, 6.07) is 7.63. The predicted molar refractivity (Wildman–Crippen MR) is 70.8 cm³/mol. The van der Waals surface area contributed by atoms with E-state index < -0.39 is 30.0 Å². The molecule has 7 heteroatoms. The second-order valence-corrected chi connectivity index (χ2v) is 4.71. The third-order valence-electron chi connectivity index (χ3n) is 3.38. The molecule has 1 atom stereocenters. The third-order valence-corrected chi connectivity index (χ3v) is 3.38. The number of imide groups is 1. The van der Waals surface area contributed by atoms with Gasteiger partial charge in [0.15, 0.2) is 0 Å². The lowest BCUT2D eigenvalue weighted by Crippen LogP contribution is -2.41. The molecule has 0 radical (unpaired) electrons. The average Bonchev–Trinajstić information content (AvgIpc) is 2.71. The van der Waals surface area contributed by atoms with Crippen LogP contribution in [0.25, 0.3) is 0 Å². The third kappa shape index (κ3) is 2.43. The van der Waals surface area contributed by atoms with Gasteiger partial charge in [-0.2, -0.15) is 5.26 Å². The monoisotopic (exact) mass is 287 g/mol. The van der Waals surface area contributed by atoms with E-state index in [0.29, 0.717) is 11.1 Å². The van der Waals surface area contributed by atoms with Crippen molar-refractivity contribution in [2.45, 2.75) is 12.5 Å². The molecule has 7 nitrogen and oxygen atoms in total. The van der Waals surface area contributed by atoms with E-state index in [4.69, 9.17) is 5.26 Å². The van der Waals surface area contributed by atoms with Gasteiger partial charge in [0, 0.05) is 0 Å². The number of ether oxygens (including phenoxy) is 1. The summed E-state index contributed by atoms with van der Waals surface area (Å²) in [5, 5.41) is 11.3. The van der Waals surface area contributed by atoms with Crippen LogP contribution in [-0.2, 0) is 19.9 Å². The molecule has 1 N–H and O–H groups in total. The number of hydrogen-bond donors (Lipinski definition) is 1. The second kappa shape index (κ2) is 5.25. The Labute approximate surface area is 121 Å². The molecule has 108 valence electrons. The summed E-state index contributed by atoms with van der Waals surface area (Å²) in [5.74, 6) is -1.22. The van der Waals surface area contributed by atoms with Crippen LogP contribution in [0, 0.1) is 11.3 Å². The van der Waals surface area contributed by atoms with E-state index in [-0.39, 0.29) is 0 Å². The fourth-order valence-corrected chi connectivity index (χ4v) is 2.11. The number of methoxy groups -OCH3 is 1. The van der Waals surface area contributed by atoms with Gasteiger partial charge in [-0.3, -0.25) is 14.5 Å². The van der Waals surface area contributed by atoms with Gasteiger partial charge in [-0.1, -0.05) is 12.1 Å². The molecule has 1 saturated heterocycles. The number of nitriles is 1. The SMILES string of the molecule is COC(=O)CN1C(=O)N[C@](C)(c2ccc(C#N)cc2)C1=O. The van der Waals surface area contributed by atoms with Crippen LogP contribution in [0.1, 0.15) is 18.1 Å². The molecule has 1 heterocycles. The van der Waals surface area contributed by atoms with E-state index in [0.717, 1.165) is 4.90 Å². The number of esters is 1. The molecule has 0 aliphatic carbocycles. The van der Waals surface area contributed by atoms with Crippen molar-refractivity contribution in [1.29, 1.82) is 5.26 Å². The normalized spacial score (nSPS) is 20.9. The average molecular weight is 287 g/mol. The molecule has 2 rings (SSSR count). The fraction of sp³-hybridized carbons (Fsp3) is 0.286. The maximum atomic E-state index is 12.4. The first-order chi connectivity index (χ1) is 9.92. The lowest BCUT2D eigenvalue weighted by Gasteiger charge is -2.22. The number of hydrogen-bond acceptors (Lipinski definition) is 5. The Bertz CT molecular complexity index is 647. The van der Waals surface area contributed by atoms with Crippen molar-refractivity contribution in [2.75, 3.05) is 13.7 Å². The molecule has 0 aromatic heterocycles. The van der Waals surface area contributed by atoms with Crippen LogP contribution < -0.4 is 5.32 Å². The smallest absolute Gasteiger partial charge is 0.325 e. The Hall–Kier alpha value is -2.88. The van der Waals surface area contributed by atoms with E-state index in [1.54, 1.807) is 31.2 Å². The van der Waals surface area contributed by atoms with Crippen molar-refractivity contribution in [1.82, 2.24) is 10.2 Å². The van der Waals surface area contributed by atoms with Crippen LogP contribution >= 0.6 is 0 Å². The molecule has 1 aliphatic heterocycles. The molecule has 3 amide bonds. The lowest BCUT2D eigenvalue weighted by atomic mass is 9.91. The maximum absolute atomic E-state index is 12.4. The van der Waals surface area contributed by atoms with Gasteiger partial charge in [0.25, 0.3) is 5.91 Å². The maximum Gasteiger partial charge on any atom is 0.325 e. The number of carbonyl (C=O) groups is 3. The fourth-order valence-electron chi connectivity index (χ4n) is 2.11. The highest BCUT2D eigenvalue weighted by molar-refractivity contribution is 6.08. The summed E-state index contributed by atoms with van der Waals surface area (Å²) in [5.41, 5.74) is -0.281. The molecule has 0 spiro atoms. The van der Waals surface area contributed by atoms with Crippen LogP contribution in [0.4, 0.5) is 4.79 Å². The highest BCUT2D eigenvalue weighted by Crippen LogP contribution is 2.28. The van der Waals surface area contributed by atoms with Gasteiger partial charge in [-0.25, -0.2) is 4.79 Å². The van der Waals surface area contributed by atoms with Gasteiger partial charge in [0.05, 0.1) is 18.7 Å². The highest BCUT2D eigenvalue weighted by Gasteiger charge is 2.49. The van der Waals surface area contributed by atoms with E-state index in [1.165, 1.54) is 7.11 Å². The zero-order chi connectivity index (χ0) is 15.6. The number of nitrogens with zero attached hydrogens (tertiary/aromatic N) is 2. The number of benzene rings is 1. The zero-order valence-corrected chi connectivity index (χ0v) is 11.5. The molecule has 0 unspecified atom stereocenters. The summed E-state index contributed by atoms with van der Waals surface area (Å²) in [6.07, 6.45) is 0. The van der Waals surface area contributed by atoms with Crippen molar-refractivity contribution in [3.05, 3.63) is 35.4 Å². The van der Waals surface area contributed by atoms with Gasteiger partial charge >= 0.3 is 12.0 Å². The molecular weight excluding hydrogens is 274 g/mol. The summed E-state index contributed by atoms with van der Waals surface area (Å²) in [7, 11) is 1.18. The van der Waals surface area contributed by atoms with E-state index in [2.05, 4.69) is 10.1 Å². The molecule has 1 aromatic carbocycles. The summed E-state index contributed by atoms with van der Waals surface area (Å²) in [4.78, 5) is 36.4. The number of rotatable bonds is 3. The molecule has 1 aliphatic rings. The minimum atomic E-state index is -1.26. The quantitative estimate of drug-likeness (QED) is 0.644. The molecule has 21 heavy (non-hydrogen) atoms. The number of urea groups is 1. The first-order valence-corrected chi connectivity index (χ1v) is 6.14. The largest absolute Gasteiger partial charge is 0.468 e. The summed E-state index contributed by atoms with van der Waals surface area (Å²) < 4.78 is 4.46. The summed E-state index contributed by atoms with van der Waals surface area (Å²) >= 11 is 0. The first-order valence-electron chi connectivity index (χ1n) is 6.14. The van der Waals surface area contributed by atoms with Crippen LogP contribution in [0.5, 0.6) is 0 Å². The standard InChI is InChI=1S/C14H13N3O4/c1-14(10-5-3-9(7-15)4-6-10)12(19)17(13(20)16-14)8-11(18)21-2/h3-6H,8H2,1-2H3,(H,16,20)/t14-/m1/s1. The van der Waals surface area contributed by atoms with E-state index in [1.807, 2.05) is 6.07 Å². The van der Waals surface area contributed by atoms with Crippen LogP contribution in [-0.4, -0.2) is 36.5 Å². The van der Waals surface area contributed by atoms with Crippen molar-refractivity contribution >= 4 is 17.9 Å². The number of amides is 3. The van der Waals surface area contributed by atoms with Crippen molar-refractivity contribution in [3.63, 3.8) is 0 Å². The molecule has 1 aromatic rings. The zero-order valence-electron chi connectivity index (χ0n) is 11.5.